The zero-order valence-electron chi connectivity index (χ0n) is 35.3. The number of ketones is 1. The van der Waals surface area contributed by atoms with E-state index in [0.29, 0.717) is 18.6 Å². The topological polar surface area (TPSA) is 159 Å². The molecule has 0 heterocycles. The Kier molecular flexibility index (Phi) is 14.1. The van der Waals surface area contributed by atoms with E-state index in [1.165, 1.54) is 39.6 Å². The van der Waals surface area contributed by atoms with Gasteiger partial charge in [-0.3, -0.25) is 4.79 Å². The highest BCUT2D eigenvalue weighted by atomic mass is 16.6. The molecule has 0 amide bonds. The zero-order valence-corrected chi connectivity index (χ0v) is 35.3. The minimum Gasteiger partial charge on any atom is -0.460 e. The molecule has 0 aromatic heterocycles. The van der Waals surface area contributed by atoms with Crippen LogP contribution >= 0.6 is 0 Å². The number of carbonyl (C=O) groups is 5. The van der Waals surface area contributed by atoms with Crippen molar-refractivity contribution in [3.63, 3.8) is 0 Å². The molecular formula is C42H66O13. The molecule has 0 radical (unpaired) electrons. The Bertz CT molecular complexity index is 1480. The second-order valence-electron chi connectivity index (χ2n) is 18.1. The normalized spacial score (nSPS) is 31.6. The van der Waals surface area contributed by atoms with Gasteiger partial charge in [0.2, 0.25) is 0 Å². The monoisotopic (exact) mass is 778 g/mol. The Morgan fingerprint density at radius 1 is 0.764 bits per heavy atom. The Labute approximate surface area is 327 Å². The van der Waals surface area contributed by atoms with Crippen LogP contribution in [0.3, 0.4) is 0 Å². The molecule has 0 aliphatic heterocycles. The molecule has 13 heteroatoms. The van der Waals surface area contributed by atoms with Gasteiger partial charge < -0.3 is 37.9 Å². The number of allylic oxidation sites excluding steroid dienone is 1. The number of esters is 4. The molecule has 13 nitrogen and oxygen atoms in total. The van der Waals surface area contributed by atoms with Gasteiger partial charge in [-0.05, 0) is 80.5 Å². The first-order chi connectivity index (χ1) is 25.7. The first kappa shape index (κ1) is 44.8. The fourth-order valence-corrected chi connectivity index (χ4v) is 11.6. The number of hydrogen-bond acceptors (Lipinski definition) is 13. The molecule has 4 rings (SSSR count). The zero-order chi connectivity index (χ0) is 41.1. The van der Waals surface area contributed by atoms with Gasteiger partial charge in [-0.1, -0.05) is 52.7 Å². The van der Waals surface area contributed by atoms with Crippen molar-refractivity contribution in [3.05, 3.63) is 11.1 Å². The van der Waals surface area contributed by atoms with Gasteiger partial charge in [0.05, 0.1) is 0 Å². The van der Waals surface area contributed by atoms with E-state index < -0.39 is 53.2 Å². The van der Waals surface area contributed by atoms with Crippen molar-refractivity contribution in [2.75, 3.05) is 54.9 Å². The molecule has 0 unspecified atom stereocenters. The van der Waals surface area contributed by atoms with Gasteiger partial charge in [0, 0.05) is 52.6 Å². The number of hydrogen-bond donors (Lipinski definition) is 0. The van der Waals surface area contributed by atoms with Crippen LogP contribution in [-0.4, -0.2) is 108 Å². The first-order valence-electron chi connectivity index (χ1n) is 19.7. The summed E-state index contributed by atoms with van der Waals surface area (Å²) < 4.78 is 44.4. The van der Waals surface area contributed by atoms with E-state index in [-0.39, 0.29) is 66.8 Å². The predicted molar refractivity (Wildman–Crippen MR) is 201 cm³/mol. The molecule has 55 heavy (non-hydrogen) atoms. The molecule has 0 spiro atoms. The van der Waals surface area contributed by atoms with Crippen molar-refractivity contribution in [3.8, 4) is 0 Å². The molecule has 312 valence electrons. The fourth-order valence-electron chi connectivity index (χ4n) is 11.6. The number of carbonyl (C=O) groups excluding carboxylic acids is 5. The number of rotatable bonds is 17. The van der Waals surface area contributed by atoms with Crippen molar-refractivity contribution < 1.29 is 61.9 Å². The summed E-state index contributed by atoms with van der Waals surface area (Å²) in [5, 5.41) is 0. The smallest absolute Gasteiger partial charge is 0.332 e. The Balaban J connectivity index is 1.80. The molecule has 3 fully saturated rings. The predicted octanol–water partition coefficient (Wildman–Crippen LogP) is 5.58. The summed E-state index contributed by atoms with van der Waals surface area (Å²) >= 11 is 0. The molecule has 0 aromatic carbocycles. The van der Waals surface area contributed by atoms with Crippen LogP contribution in [0.25, 0.3) is 0 Å². The highest BCUT2D eigenvalue weighted by molar-refractivity contribution is 5.85. The maximum Gasteiger partial charge on any atom is 0.332 e. The van der Waals surface area contributed by atoms with Crippen molar-refractivity contribution in [1.82, 2.24) is 0 Å². The molecular weight excluding hydrogens is 712 g/mol. The molecule has 0 bridgehead atoms. The highest BCUT2D eigenvalue weighted by Crippen LogP contribution is 2.74. The fraction of sp³-hybridized carbons (Fsp3) is 0.833. The van der Waals surface area contributed by atoms with Crippen LogP contribution in [0, 0.1) is 39.4 Å². The largest absolute Gasteiger partial charge is 0.460 e. The maximum atomic E-state index is 13.3. The minimum atomic E-state index is -1.45. The third-order valence-electron chi connectivity index (χ3n) is 14.1. The molecule has 0 saturated heterocycles. The minimum absolute atomic E-state index is 0.00486. The lowest BCUT2D eigenvalue weighted by Gasteiger charge is -2.69. The van der Waals surface area contributed by atoms with Crippen LogP contribution in [0.1, 0.15) is 107 Å². The van der Waals surface area contributed by atoms with Crippen LogP contribution in [0.5, 0.6) is 0 Å². The quantitative estimate of drug-likeness (QED) is 0.102. The second kappa shape index (κ2) is 17.3. The third-order valence-corrected chi connectivity index (χ3v) is 14.1. The van der Waals surface area contributed by atoms with E-state index in [0.717, 1.165) is 32.1 Å². The van der Waals surface area contributed by atoms with Gasteiger partial charge in [-0.15, -0.1) is 0 Å². The van der Waals surface area contributed by atoms with Crippen LogP contribution in [0.15, 0.2) is 11.1 Å². The van der Waals surface area contributed by atoms with Crippen LogP contribution in [0.2, 0.25) is 0 Å². The van der Waals surface area contributed by atoms with Crippen molar-refractivity contribution in [1.29, 1.82) is 0 Å². The van der Waals surface area contributed by atoms with E-state index in [1.807, 2.05) is 0 Å². The lowest BCUT2D eigenvalue weighted by atomic mass is 9.36. The van der Waals surface area contributed by atoms with E-state index in [4.69, 9.17) is 37.9 Å². The Hall–Kier alpha value is -2.87. The SMILES string of the molecule is COCC(=O)O[C@@H](C[C@@H](C)C1=C2C[C@H](OC(=O)COC)[C@H]3[C@@]4(C)CCC(=O)C(C)(C)[C@@H]4CC[C@]3(C)[C@@]2(C)CC1)[C@@H](OC(=O)COC)C(C)(C)OC(=O)COC. The molecule has 0 N–H and O–H groups in total. The van der Waals surface area contributed by atoms with Gasteiger partial charge in [0.25, 0.3) is 0 Å². The summed E-state index contributed by atoms with van der Waals surface area (Å²) in [6.07, 6.45) is 2.74. The second-order valence-corrected chi connectivity index (χ2v) is 18.1. The number of ether oxygens (including phenoxy) is 8. The summed E-state index contributed by atoms with van der Waals surface area (Å²) in [6.45, 7) is 15.3. The van der Waals surface area contributed by atoms with Crippen molar-refractivity contribution in [2.45, 2.75) is 131 Å². The van der Waals surface area contributed by atoms with E-state index >= 15 is 0 Å². The van der Waals surface area contributed by atoms with Crippen LogP contribution < -0.4 is 0 Å². The van der Waals surface area contributed by atoms with Gasteiger partial charge >= 0.3 is 23.9 Å². The number of methoxy groups -OCH3 is 4. The van der Waals surface area contributed by atoms with Gasteiger partial charge in [0.15, 0.2) is 6.10 Å². The van der Waals surface area contributed by atoms with Crippen molar-refractivity contribution in [2.24, 2.45) is 39.4 Å². The number of fused-ring (bicyclic) bond motifs is 5. The third kappa shape index (κ3) is 8.70. The van der Waals surface area contributed by atoms with E-state index in [2.05, 4.69) is 41.5 Å². The summed E-state index contributed by atoms with van der Waals surface area (Å²) in [5.41, 5.74) is -0.251. The van der Waals surface area contributed by atoms with Gasteiger partial charge in [0.1, 0.15) is 50.0 Å². The van der Waals surface area contributed by atoms with E-state index in [9.17, 15) is 24.0 Å². The summed E-state index contributed by atoms with van der Waals surface area (Å²) in [6, 6.07) is 0. The maximum absolute atomic E-state index is 13.3. The standard InChI is InChI=1S/C42H66O13/c1-25(19-29(53-33(45)22-49-10)37(54-34(46)23-50-11)39(4,5)55-35(47)24-51-12)26-13-17-41(7)27(26)20-28(52-32(44)21-48-9)36-40(6)16-15-31(43)38(2,3)30(40)14-18-42(36,41)8/h25,28-30,36-37H,13-24H2,1-12H3/t25-,28+,29+,30+,36+,37-,40+,41+,42+/m1/s1. The summed E-state index contributed by atoms with van der Waals surface area (Å²) in [7, 11) is 5.58. The lowest BCUT2D eigenvalue weighted by molar-refractivity contribution is -0.219. The van der Waals surface area contributed by atoms with E-state index in [1.54, 1.807) is 13.8 Å². The summed E-state index contributed by atoms with van der Waals surface area (Å²) in [5.74, 6) is -2.22. The highest BCUT2D eigenvalue weighted by Gasteiger charge is 2.70. The Morgan fingerprint density at radius 2 is 1.33 bits per heavy atom. The van der Waals surface area contributed by atoms with Crippen molar-refractivity contribution >= 4 is 29.7 Å². The summed E-state index contributed by atoms with van der Waals surface area (Å²) in [4.78, 5) is 65.3. The van der Waals surface area contributed by atoms with Crippen LogP contribution in [-0.2, 0) is 61.9 Å². The number of Topliss-reactive ketones (excluding diaryl/α,β-unsaturated/α-hetero) is 1. The van der Waals surface area contributed by atoms with Gasteiger partial charge in [-0.25, -0.2) is 19.2 Å². The Morgan fingerprint density at radius 3 is 1.93 bits per heavy atom. The van der Waals surface area contributed by atoms with Crippen LogP contribution in [0.4, 0.5) is 0 Å². The van der Waals surface area contributed by atoms with Gasteiger partial charge in [-0.2, -0.15) is 0 Å². The molecule has 0 aromatic rings. The molecule has 9 atom stereocenters. The average Bonchev–Trinajstić information content (AvgIpc) is 3.43. The molecule has 3 saturated carbocycles. The first-order valence-corrected chi connectivity index (χ1v) is 19.7. The average molecular weight is 779 g/mol. The molecule has 4 aliphatic rings. The lowest BCUT2D eigenvalue weighted by Crippen LogP contribution is -2.66. The molecule has 4 aliphatic carbocycles.